The molecule has 1 heterocycles. The van der Waals surface area contributed by atoms with Gasteiger partial charge in [-0.05, 0) is 49.1 Å². The van der Waals surface area contributed by atoms with Crippen molar-refractivity contribution in [1.82, 2.24) is 10.2 Å². The highest BCUT2D eigenvalue weighted by Gasteiger charge is 2.46. The number of hydrogen-bond acceptors (Lipinski definition) is 4. The van der Waals surface area contributed by atoms with Gasteiger partial charge in [-0.25, -0.2) is 8.42 Å². The molecule has 2 aromatic rings. The molecule has 0 saturated heterocycles. The number of hydrogen-bond donors (Lipinski definition) is 2. The lowest BCUT2D eigenvalue weighted by molar-refractivity contribution is -0.0436. The number of aryl methyl sites for hydroxylation is 1. The van der Waals surface area contributed by atoms with Crippen LogP contribution in [0.3, 0.4) is 0 Å². The van der Waals surface area contributed by atoms with Gasteiger partial charge in [0.15, 0.2) is 0 Å². The van der Waals surface area contributed by atoms with Crippen molar-refractivity contribution < 1.29 is 21.6 Å². The van der Waals surface area contributed by atoms with Gasteiger partial charge in [0.05, 0.1) is 11.1 Å². The molecule has 1 aromatic carbocycles. The van der Waals surface area contributed by atoms with E-state index in [0.29, 0.717) is 5.69 Å². The number of alkyl halides is 3. The predicted molar refractivity (Wildman–Crippen MR) is 77.7 cm³/mol. The van der Waals surface area contributed by atoms with Gasteiger partial charge in [-0.1, -0.05) is 0 Å². The number of benzene rings is 1. The minimum absolute atomic E-state index is 0.130. The molecule has 0 fully saturated rings. The molecule has 0 bridgehead atoms. The highest BCUT2D eigenvalue weighted by molar-refractivity contribution is 7.92. The normalized spacial score (nSPS) is 18.5. The number of anilines is 1. The number of aromatic amines is 1. The second kappa shape index (κ2) is 5.55. The van der Waals surface area contributed by atoms with Crippen molar-refractivity contribution in [3.8, 4) is 0 Å². The van der Waals surface area contributed by atoms with Crippen LogP contribution < -0.4 is 5.32 Å². The van der Waals surface area contributed by atoms with Gasteiger partial charge in [-0.3, -0.25) is 5.10 Å². The van der Waals surface area contributed by atoms with Crippen molar-refractivity contribution in [2.75, 3.05) is 5.32 Å². The van der Waals surface area contributed by atoms with Crippen molar-refractivity contribution in [3.05, 3.63) is 41.7 Å². The summed E-state index contributed by atoms with van der Waals surface area (Å²) >= 11 is 0. The lowest BCUT2D eigenvalue weighted by Crippen LogP contribution is -2.27. The molecule has 1 unspecified atom stereocenters. The van der Waals surface area contributed by atoms with Crippen LogP contribution in [0.25, 0.3) is 0 Å². The van der Waals surface area contributed by atoms with Gasteiger partial charge in [-0.15, -0.1) is 0 Å². The summed E-state index contributed by atoms with van der Waals surface area (Å²) in [5, 5.41) is 10.1. The third kappa shape index (κ3) is 3.05. The molecule has 9 heteroatoms. The van der Waals surface area contributed by atoms with Crippen LogP contribution >= 0.6 is 0 Å². The van der Waals surface area contributed by atoms with Gasteiger partial charge < -0.3 is 5.32 Å². The van der Waals surface area contributed by atoms with Crippen molar-refractivity contribution >= 4 is 15.5 Å². The Labute approximate surface area is 130 Å². The number of aromatic nitrogens is 2. The molecule has 124 valence electrons. The van der Waals surface area contributed by atoms with Crippen LogP contribution in [0.1, 0.15) is 17.7 Å². The molecule has 1 aliphatic rings. The summed E-state index contributed by atoms with van der Waals surface area (Å²) < 4.78 is 60.1. The minimum atomic E-state index is -5.30. The molecular formula is C14H14F3N3O2S. The first kappa shape index (κ1) is 15.9. The second-order valence-electron chi connectivity index (χ2n) is 5.43. The molecule has 0 aliphatic heterocycles. The van der Waals surface area contributed by atoms with Gasteiger partial charge in [-0.2, -0.15) is 18.3 Å². The summed E-state index contributed by atoms with van der Waals surface area (Å²) in [6.45, 7) is 0. The Bertz CT molecular complexity index is 797. The zero-order valence-corrected chi connectivity index (χ0v) is 12.7. The quantitative estimate of drug-likeness (QED) is 0.897. The van der Waals surface area contributed by atoms with Crippen LogP contribution in [0.5, 0.6) is 0 Å². The predicted octanol–water partition coefficient (Wildman–Crippen LogP) is 2.67. The summed E-state index contributed by atoms with van der Waals surface area (Å²) in [6, 6.07) is 4.77. The largest absolute Gasteiger partial charge is 0.501 e. The fraction of sp³-hybridized carbons (Fsp3) is 0.357. The first-order valence-electron chi connectivity index (χ1n) is 6.96. The molecule has 23 heavy (non-hydrogen) atoms. The number of sulfone groups is 1. The standard InChI is InChI=1S/C14H14F3N3O2S/c15-14(16,17)23(21,22)12-4-1-10(2-5-12)19-11-3-6-13-9(7-11)8-18-20-13/h1-2,4-5,8,11,19H,3,6-7H2,(H,18,20). The first-order chi connectivity index (χ1) is 10.8. The number of nitrogens with one attached hydrogen (secondary N) is 2. The third-order valence-electron chi connectivity index (χ3n) is 3.86. The maximum atomic E-state index is 12.5. The van der Waals surface area contributed by atoms with Gasteiger partial charge in [0.1, 0.15) is 0 Å². The molecule has 1 atom stereocenters. The monoisotopic (exact) mass is 345 g/mol. The van der Waals surface area contributed by atoms with E-state index in [9.17, 15) is 21.6 Å². The van der Waals surface area contributed by atoms with E-state index in [0.717, 1.165) is 42.7 Å². The highest BCUT2D eigenvalue weighted by atomic mass is 32.2. The lowest BCUT2D eigenvalue weighted by Gasteiger charge is -2.24. The Hall–Kier alpha value is -2.03. The summed E-state index contributed by atoms with van der Waals surface area (Å²) in [5.74, 6) is 0. The van der Waals surface area contributed by atoms with Crippen molar-refractivity contribution in [3.63, 3.8) is 0 Å². The summed E-state index contributed by atoms with van der Waals surface area (Å²) in [4.78, 5) is -0.753. The topological polar surface area (TPSA) is 74.8 Å². The Kier molecular flexibility index (Phi) is 3.83. The van der Waals surface area contributed by atoms with E-state index < -0.39 is 20.2 Å². The average molecular weight is 345 g/mol. The van der Waals surface area contributed by atoms with Crippen LogP contribution in [-0.2, 0) is 22.7 Å². The Morgan fingerprint density at radius 1 is 1.22 bits per heavy atom. The van der Waals surface area contributed by atoms with Crippen molar-refractivity contribution in [1.29, 1.82) is 0 Å². The van der Waals surface area contributed by atoms with Crippen molar-refractivity contribution in [2.45, 2.75) is 35.7 Å². The molecular weight excluding hydrogens is 331 g/mol. The van der Waals surface area contributed by atoms with Gasteiger partial charge in [0.25, 0.3) is 9.84 Å². The van der Waals surface area contributed by atoms with Crippen molar-refractivity contribution in [2.24, 2.45) is 0 Å². The molecule has 1 aromatic heterocycles. The SMILES string of the molecule is O=S(=O)(c1ccc(NC2CCc3[nH]ncc3C2)cc1)C(F)(F)F. The third-order valence-corrected chi connectivity index (χ3v) is 5.36. The molecule has 5 nitrogen and oxygen atoms in total. The van der Waals surface area contributed by atoms with Gasteiger partial charge >= 0.3 is 5.51 Å². The number of halogens is 3. The first-order valence-corrected chi connectivity index (χ1v) is 8.45. The maximum Gasteiger partial charge on any atom is 0.501 e. The second-order valence-corrected chi connectivity index (χ2v) is 7.37. The Morgan fingerprint density at radius 3 is 2.57 bits per heavy atom. The lowest BCUT2D eigenvalue weighted by atomic mass is 9.93. The fourth-order valence-electron chi connectivity index (χ4n) is 2.64. The average Bonchev–Trinajstić information content (AvgIpc) is 2.94. The number of rotatable bonds is 3. The zero-order chi connectivity index (χ0) is 16.7. The molecule has 0 amide bonds. The van der Waals surface area contributed by atoms with E-state index in [1.165, 1.54) is 12.1 Å². The molecule has 0 radical (unpaired) electrons. The maximum absolute atomic E-state index is 12.5. The van der Waals surface area contributed by atoms with Gasteiger partial charge in [0, 0.05) is 17.4 Å². The summed E-state index contributed by atoms with van der Waals surface area (Å²) in [6.07, 6.45) is 4.22. The minimum Gasteiger partial charge on any atom is -0.382 e. The van der Waals surface area contributed by atoms with Crippen LogP contribution in [0.4, 0.5) is 18.9 Å². The number of H-pyrrole nitrogens is 1. The van der Waals surface area contributed by atoms with E-state index in [2.05, 4.69) is 15.5 Å². The molecule has 0 saturated carbocycles. The van der Waals surface area contributed by atoms with E-state index in [1.54, 1.807) is 6.20 Å². The van der Waals surface area contributed by atoms with Crippen LogP contribution in [-0.4, -0.2) is 30.2 Å². The number of nitrogens with zero attached hydrogens (tertiary/aromatic N) is 1. The Balaban J connectivity index is 1.72. The molecule has 3 rings (SSSR count). The zero-order valence-electron chi connectivity index (χ0n) is 11.9. The Morgan fingerprint density at radius 2 is 1.91 bits per heavy atom. The van der Waals surface area contributed by atoms with E-state index in [1.807, 2.05) is 0 Å². The molecule has 1 aliphatic carbocycles. The molecule has 0 spiro atoms. The number of fused-ring (bicyclic) bond motifs is 1. The highest BCUT2D eigenvalue weighted by Crippen LogP contribution is 2.31. The molecule has 2 N–H and O–H groups in total. The fourth-order valence-corrected chi connectivity index (χ4v) is 3.40. The van der Waals surface area contributed by atoms with E-state index >= 15 is 0 Å². The van der Waals surface area contributed by atoms with E-state index in [4.69, 9.17) is 0 Å². The summed E-state index contributed by atoms with van der Waals surface area (Å²) in [5.41, 5.74) is -2.48. The van der Waals surface area contributed by atoms with Crippen LogP contribution in [0.15, 0.2) is 35.4 Å². The van der Waals surface area contributed by atoms with E-state index in [-0.39, 0.29) is 6.04 Å². The smallest absolute Gasteiger partial charge is 0.382 e. The summed E-state index contributed by atoms with van der Waals surface area (Å²) in [7, 11) is -5.30. The van der Waals surface area contributed by atoms with Crippen LogP contribution in [0, 0.1) is 0 Å². The van der Waals surface area contributed by atoms with Crippen LogP contribution in [0.2, 0.25) is 0 Å². The van der Waals surface area contributed by atoms with Gasteiger partial charge in [0.2, 0.25) is 0 Å².